The van der Waals surface area contributed by atoms with Crippen LogP contribution >= 0.6 is 31.9 Å². The number of Topliss-reactive ketones (excluding diaryl/α,β-unsaturated/α-hetero) is 2. The van der Waals surface area contributed by atoms with Gasteiger partial charge in [-0.25, -0.2) is 0 Å². The summed E-state index contributed by atoms with van der Waals surface area (Å²) in [6.07, 6.45) is -0.0570. The number of carbonyl (C=O) groups is 2. The molecule has 0 amide bonds. The molecule has 0 saturated heterocycles. The third kappa shape index (κ3) is 3.75. The Balaban J connectivity index is 2.92. The van der Waals surface area contributed by atoms with E-state index < -0.39 is 5.41 Å². The number of rotatable bonds is 3. The lowest BCUT2D eigenvalue weighted by molar-refractivity contribution is -0.125. The number of hydrogen-bond acceptors (Lipinski definition) is 2. The van der Waals surface area contributed by atoms with Crippen molar-refractivity contribution < 1.29 is 9.59 Å². The second-order valence-corrected chi connectivity index (χ2v) is 6.52. The molecule has 0 aromatic heterocycles. The van der Waals surface area contributed by atoms with Gasteiger partial charge < -0.3 is 0 Å². The van der Waals surface area contributed by atoms with Gasteiger partial charge in [0, 0.05) is 19.9 Å². The highest BCUT2D eigenvalue weighted by molar-refractivity contribution is 9.13. The van der Waals surface area contributed by atoms with Crippen molar-refractivity contribution in [1.29, 1.82) is 0 Å². The Labute approximate surface area is 118 Å². The van der Waals surface area contributed by atoms with E-state index in [-0.39, 0.29) is 18.0 Å². The maximum atomic E-state index is 12.0. The first-order valence-corrected chi connectivity index (χ1v) is 6.82. The molecule has 0 atom stereocenters. The topological polar surface area (TPSA) is 34.1 Å². The maximum absolute atomic E-state index is 12.0. The second-order valence-electron chi connectivity index (χ2n) is 4.87. The molecule has 1 rings (SSSR count). The summed E-state index contributed by atoms with van der Waals surface area (Å²) in [4.78, 5) is 23.8. The Hall–Kier alpha value is -0.480. The molecule has 0 saturated carbocycles. The minimum Gasteiger partial charge on any atom is -0.299 e. The molecule has 0 bridgehead atoms. The summed E-state index contributed by atoms with van der Waals surface area (Å²) >= 11 is 6.68. The van der Waals surface area contributed by atoms with Crippen LogP contribution in [0.15, 0.2) is 27.1 Å². The van der Waals surface area contributed by atoms with Gasteiger partial charge in [0.1, 0.15) is 5.78 Å². The zero-order valence-corrected chi connectivity index (χ0v) is 13.2. The Bertz CT molecular complexity index is 459. The van der Waals surface area contributed by atoms with Gasteiger partial charge in [0.15, 0.2) is 5.78 Å². The highest BCUT2D eigenvalue weighted by Crippen LogP contribution is 2.28. The van der Waals surface area contributed by atoms with Crippen LogP contribution in [0.3, 0.4) is 0 Å². The highest BCUT2D eigenvalue weighted by atomic mass is 79.9. The number of hydrogen-bond donors (Lipinski definition) is 0. The van der Waals surface area contributed by atoms with Crippen LogP contribution in [0, 0.1) is 5.41 Å². The van der Waals surface area contributed by atoms with Gasteiger partial charge in [-0.05, 0) is 37.9 Å². The molecule has 1 aromatic rings. The molecular weight excluding hydrogens is 348 g/mol. The highest BCUT2D eigenvalue weighted by Gasteiger charge is 2.25. The fourth-order valence-corrected chi connectivity index (χ4v) is 2.08. The van der Waals surface area contributed by atoms with Crippen molar-refractivity contribution in [3.63, 3.8) is 0 Å². The van der Waals surface area contributed by atoms with E-state index in [0.29, 0.717) is 10.0 Å². The molecule has 0 radical (unpaired) electrons. The van der Waals surface area contributed by atoms with E-state index in [1.54, 1.807) is 12.1 Å². The van der Waals surface area contributed by atoms with E-state index in [4.69, 9.17) is 0 Å². The van der Waals surface area contributed by atoms with Gasteiger partial charge in [0.05, 0.1) is 6.42 Å². The molecule has 0 unspecified atom stereocenters. The maximum Gasteiger partial charge on any atom is 0.171 e. The minimum absolute atomic E-state index is 0.0469. The number of carbonyl (C=O) groups excluding carboxylic acids is 2. The normalized spacial score (nSPS) is 11.4. The average molecular weight is 362 g/mol. The van der Waals surface area contributed by atoms with Crippen molar-refractivity contribution in [2.45, 2.75) is 27.2 Å². The van der Waals surface area contributed by atoms with E-state index in [9.17, 15) is 9.59 Å². The first-order valence-electron chi connectivity index (χ1n) is 5.24. The summed E-state index contributed by atoms with van der Waals surface area (Å²) in [5.74, 6) is -0.201. The summed E-state index contributed by atoms with van der Waals surface area (Å²) in [6.45, 7) is 5.45. The molecular formula is C13H14Br2O2. The van der Waals surface area contributed by atoms with Gasteiger partial charge in [-0.1, -0.05) is 32.9 Å². The van der Waals surface area contributed by atoms with E-state index in [1.807, 2.05) is 26.8 Å². The van der Waals surface area contributed by atoms with Crippen molar-refractivity contribution in [2.75, 3.05) is 0 Å². The fourth-order valence-electron chi connectivity index (χ4n) is 1.23. The van der Waals surface area contributed by atoms with Crippen molar-refractivity contribution in [3.05, 3.63) is 32.7 Å². The predicted octanol–water partition coefficient (Wildman–Crippen LogP) is 4.40. The molecule has 4 heteroatoms. The van der Waals surface area contributed by atoms with Gasteiger partial charge in [-0.2, -0.15) is 0 Å². The average Bonchev–Trinajstić information content (AvgIpc) is 2.20. The zero-order chi connectivity index (χ0) is 13.2. The SMILES string of the molecule is CC(C)(C)C(=O)CC(=O)c1cccc(Br)c1Br. The molecule has 0 heterocycles. The summed E-state index contributed by atoms with van der Waals surface area (Å²) < 4.78 is 1.51. The largest absolute Gasteiger partial charge is 0.299 e. The Morgan fingerprint density at radius 3 is 2.29 bits per heavy atom. The van der Waals surface area contributed by atoms with Gasteiger partial charge in [0.2, 0.25) is 0 Å². The predicted molar refractivity (Wildman–Crippen MR) is 75.3 cm³/mol. The van der Waals surface area contributed by atoms with Crippen LogP contribution in [0.25, 0.3) is 0 Å². The first-order chi connectivity index (χ1) is 7.73. The number of ketones is 2. The molecule has 17 heavy (non-hydrogen) atoms. The molecule has 1 aromatic carbocycles. The van der Waals surface area contributed by atoms with E-state index in [2.05, 4.69) is 31.9 Å². The lowest BCUT2D eigenvalue weighted by Crippen LogP contribution is -2.23. The van der Waals surface area contributed by atoms with Crippen LogP contribution in [0.4, 0.5) is 0 Å². The molecule has 0 aliphatic rings. The first kappa shape index (κ1) is 14.6. The smallest absolute Gasteiger partial charge is 0.171 e. The fraction of sp³-hybridized carbons (Fsp3) is 0.385. The van der Waals surface area contributed by atoms with Crippen LogP contribution in [0.2, 0.25) is 0 Å². The standard InChI is InChI=1S/C13H14Br2O2/c1-13(2,3)11(17)7-10(16)8-5-4-6-9(14)12(8)15/h4-6H,7H2,1-3H3. The van der Waals surface area contributed by atoms with E-state index >= 15 is 0 Å². The van der Waals surface area contributed by atoms with E-state index in [1.165, 1.54) is 0 Å². The molecule has 0 fully saturated rings. The Morgan fingerprint density at radius 2 is 1.76 bits per heavy atom. The molecule has 92 valence electrons. The molecule has 0 spiro atoms. The quantitative estimate of drug-likeness (QED) is 0.590. The lowest BCUT2D eigenvalue weighted by atomic mass is 9.87. The minimum atomic E-state index is -0.478. The van der Waals surface area contributed by atoms with Crippen LogP contribution in [-0.2, 0) is 4.79 Å². The van der Waals surface area contributed by atoms with Crippen molar-refractivity contribution in [1.82, 2.24) is 0 Å². The second kappa shape index (κ2) is 5.44. The Kier molecular flexibility index (Phi) is 4.67. The van der Waals surface area contributed by atoms with Crippen LogP contribution < -0.4 is 0 Å². The monoisotopic (exact) mass is 360 g/mol. The molecule has 2 nitrogen and oxygen atoms in total. The summed E-state index contributed by atoms with van der Waals surface area (Å²) in [6, 6.07) is 5.34. The molecule has 0 N–H and O–H groups in total. The van der Waals surface area contributed by atoms with Crippen LogP contribution in [0.5, 0.6) is 0 Å². The van der Waals surface area contributed by atoms with Gasteiger partial charge in [-0.3, -0.25) is 9.59 Å². The van der Waals surface area contributed by atoms with Gasteiger partial charge in [0.25, 0.3) is 0 Å². The van der Waals surface area contributed by atoms with Crippen molar-refractivity contribution in [3.8, 4) is 0 Å². The molecule has 0 aliphatic carbocycles. The third-order valence-corrected chi connectivity index (χ3v) is 4.46. The van der Waals surface area contributed by atoms with E-state index in [0.717, 1.165) is 4.47 Å². The third-order valence-electron chi connectivity index (χ3n) is 2.41. The summed E-state index contributed by atoms with van der Waals surface area (Å²) in [5.41, 5.74) is 0.0608. The van der Waals surface area contributed by atoms with Crippen molar-refractivity contribution >= 4 is 43.4 Å². The van der Waals surface area contributed by atoms with Gasteiger partial charge in [-0.15, -0.1) is 0 Å². The summed E-state index contributed by atoms with van der Waals surface area (Å²) in [5, 5.41) is 0. The Morgan fingerprint density at radius 1 is 1.18 bits per heavy atom. The molecule has 0 aliphatic heterocycles. The zero-order valence-electron chi connectivity index (χ0n) is 10.0. The van der Waals surface area contributed by atoms with Crippen LogP contribution in [0.1, 0.15) is 37.6 Å². The number of benzene rings is 1. The lowest BCUT2D eigenvalue weighted by Gasteiger charge is -2.16. The number of halogens is 2. The summed E-state index contributed by atoms with van der Waals surface area (Å²) in [7, 11) is 0. The van der Waals surface area contributed by atoms with Crippen LogP contribution in [-0.4, -0.2) is 11.6 Å². The van der Waals surface area contributed by atoms with Crippen molar-refractivity contribution in [2.24, 2.45) is 5.41 Å². The van der Waals surface area contributed by atoms with Gasteiger partial charge >= 0.3 is 0 Å².